The summed E-state index contributed by atoms with van der Waals surface area (Å²) in [5.41, 5.74) is 7.14. The average Bonchev–Trinajstić information content (AvgIpc) is 3.04. The quantitative estimate of drug-likeness (QED) is 0.650. The molecule has 0 spiro atoms. The molecule has 0 unspecified atom stereocenters. The molecule has 0 atom stereocenters. The summed E-state index contributed by atoms with van der Waals surface area (Å²) in [6.45, 7) is 4.55. The SMILES string of the molecule is Cc1ccc(-c2[c]ccc(-c3ccc4c(c3)OCO4)c2C)cc1. The van der Waals surface area contributed by atoms with E-state index in [1.807, 2.05) is 18.2 Å². The van der Waals surface area contributed by atoms with Crippen LogP contribution in [0.25, 0.3) is 22.3 Å². The number of rotatable bonds is 2. The Bertz CT molecular complexity index is 864. The molecule has 0 saturated carbocycles. The summed E-state index contributed by atoms with van der Waals surface area (Å²) in [5, 5.41) is 0. The monoisotopic (exact) mass is 301 g/mol. The van der Waals surface area contributed by atoms with Crippen molar-refractivity contribution in [2.45, 2.75) is 13.8 Å². The molecule has 1 aliphatic heterocycles. The van der Waals surface area contributed by atoms with Gasteiger partial charge in [0.2, 0.25) is 6.79 Å². The third-order valence-electron chi connectivity index (χ3n) is 4.28. The Morgan fingerprint density at radius 1 is 0.826 bits per heavy atom. The molecular formula is C21H17O2. The minimum atomic E-state index is 0.301. The van der Waals surface area contributed by atoms with Gasteiger partial charge in [0.05, 0.1) is 0 Å². The Morgan fingerprint density at radius 2 is 1.57 bits per heavy atom. The molecule has 1 aliphatic rings. The topological polar surface area (TPSA) is 18.5 Å². The molecule has 0 fully saturated rings. The minimum Gasteiger partial charge on any atom is -0.454 e. The van der Waals surface area contributed by atoms with Crippen LogP contribution in [0.1, 0.15) is 11.1 Å². The molecule has 2 heteroatoms. The van der Waals surface area contributed by atoms with E-state index in [9.17, 15) is 0 Å². The largest absolute Gasteiger partial charge is 0.454 e. The van der Waals surface area contributed by atoms with Crippen molar-refractivity contribution in [2.75, 3.05) is 6.79 Å². The predicted octanol–water partition coefficient (Wildman–Crippen LogP) is 5.17. The summed E-state index contributed by atoms with van der Waals surface area (Å²) in [4.78, 5) is 0. The first-order valence-corrected chi connectivity index (χ1v) is 7.71. The van der Waals surface area contributed by atoms with Gasteiger partial charge >= 0.3 is 0 Å². The van der Waals surface area contributed by atoms with Crippen molar-refractivity contribution in [2.24, 2.45) is 0 Å². The number of fused-ring (bicyclic) bond motifs is 1. The van der Waals surface area contributed by atoms with E-state index in [4.69, 9.17) is 9.47 Å². The third-order valence-corrected chi connectivity index (χ3v) is 4.28. The zero-order valence-corrected chi connectivity index (χ0v) is 13.2. The van der Waals surface area contributed by atoms with E-state index >= 15 is 0 Å². The van der Waals surface area contributed by atoms with E-state index < -0.39 is 0 Å². The first-order valence-electron chi connectivity index (χ1n) is 7.71. The Morgan fingerprint density at radius 3 is 2.39 bits per heavy atom. The summed E-state index contributed by atoms with van der Waals surface area (Å²) in [7, 11) is 0. The van der Waals surface area contributed by atoms with Gasteiger partial charge in [0.15, 0.2) is 11.5 Å². The number of ether oxygens (including phenoxy) is 2. The van der Waals surface area contributed by atoms with Crippen LogP contribution in [-0.4, -0.2) is 6.79 Å². The molecule has 113 valence electrons. The highest BCUT2D eigenvalue weighted by atomic mass is 16.7. The highest BCUT2D eigenvalue weighted by Crippen LogP contribution is 2.38. The molecule has 0 N–H and O–H groups in total. The maximum Gasteiger partial charge on any atom is 0.231 e. The fraction of sp³-hybridized carbons (Fsp3) is 0.143. The van der Waals surface area contributed by atoms with Crippen LogP contribution in [0.5, 0.6) is 11.5 Å². The molecule has 0 bridgehead atoms. The second kappa shape index (κ2) is 5.47. The Kier molecular flexibility index (Phi) is 3.30. The normalized spacial score (nSPS) is 12.4. The second-order valence-electron chi connectivity index (χ2n) is 5.83. The van der Waals surface area contributed by atoms with Crippen molar-refractivity contribution in [3.63, 3.8) is 0 Å². The van der Waals surface area contributed by atoms with Gasteiger partial charge < -0.3 is 9.47 Å². The number of aryl methyl sites for hydroxylation is 1. The van der Waals surface area contributed by atoms with Crippen molar-refractivity contribution in [1.82, 2.24) is 0 Å². The van der Waals surface area contributed by atoms with E-state index in [0.29, 0.717) is 6.79 Å². The van der Waals surface area contributed by atoms with Crippen molar-refractivity contribution < 1.29 is 9.47 Å². The van der Waals surface area contributed by atoms with Gasteiger partial charge in [-0.15, -0.1) is 0 Å². The molecule has 0 aromatic heterocycles. The highest BCUT2D eigenvalue weighted by Gasteiger charge is 2.15. The average molecular weight is 301 g/mol. The van der Waals surface area contributed by atoms with Gasteiger partial charge in [-0.05, 0) is 59.9 Å². The molecule has 0 amide bonds. The lowest BCUT2D eigenvalue weighted by Crippen LogP contribution is -1.93. The second-order valence-corrected chi connectivity index (χ2v) is 5.83. The Labute approximate surface area is 136 Å². The van der Waals surface area contributed by atoms with E-state index in [0.717, 1.165) is 22.6 Å². The molecule has 0 aliphatic carbocycles. The smallest absolute Gasteiger partial charge is 0.231 e. The van der Waals surface area contributed by atoms with E-state index in [-0.39, 0.29) is 0 Å². The van der Waals surface area contributed by atoms with Gasteiger partial charge in [0.25, 0.3) is 0 Å². The van der Waals surface area contributed by atoms with Crippen molar-refractivity contribution >= 4 is 0 Å². The van der Waals surface area contributed by atoms with Crippen LogP contribution in [-0.2, 0) is 0 Å². The number of hydrogen-bond donors (Lipinski definition) is 0. The zero-order chi connectivity index (χ0) is 15.8. The fourth-order valence-corrected chi connectivity index (χ4v) is 2.97. The molecule has 3 aromatic rings. The maximum absolute atomic E-state index is 5.50. The minimum absolute atomic E-state index is 0.301. The van der Waals surface area contributed by atoms with Gasteiger partial charge in [-0.25, -0.2) is 0 Å². The molecule has 0 saturated heterocycles. The zero-order valence-electron chi connectivity index (χ0n) is 13.2. The van der Waals surface area contributed by atoms with Crippen molar-refractivity contribution in [3.8, 4) is 33.8 Å². The summed E-state index contributed by atoms with van der Waals surface area (Å²) >= 11 is 0. The summed E-state index contributed by atoms with van der Waals surface area (Å²) in [6, 6.07) is 22.1. The molecule has 1 heterocycles. The van der Waals surface area contributed by atoms with E-state index in [1.54, 1.807) is 0 Å². The first-order chi connectivity index (χ1) is 11.2. The lowest BCUT2D eigenvalue weighted by atomic mass is 9.92. The number of hydrogen-bond acceptors (Lipinski definition) is 2. The van der Waals surface area contributed by atoms with Gasteiger partial charge in [-0.3, -0.25) is 0 Å². The summed E-state index contributed by atoms with van der Waals surface area (Å²) in [5.74, 6) is 1.62. The van der Waals surface area contributed by atoms with Crippen LogP contribution in [0.15, 0.2) is 54.6 Å². The first kappa shape index (κ1) is 13.9. The van der Waals surface area contributed by atoms with Crippen molar-refractivity contribution in [3.05, 3.63) is 71.8 Å². The van der Waals surface area contributed by atoms with E-state index in [2.05, 4.69) is 56.3 Å². The highest BCUT2D eigenvalue weighted by molar-refractivity contribution is 5.79. The summed E-state index contributed by atoms with van der Waals surface area (Å²) in [6.07, 6.45) is 0. The Hall–Kier alpha value is -2.74. The van der Waals surface area contributed by atoms with Crippen LogP contribution in [0, 0.1) is 19.9 Å². The van der Waals surface area contributed by atoms with Crippen LogP contribution < -0.4 is 9.47 Å². The molecule has 1 radical (unpaired) electrons. The Balaban J connectivity index is 1.81. The van der Waals surface area contributed by atoms with Crippen LogP contribution >= 0.6 is 0 Å². The van der Waals surface area contributed by atoms with Crippen LogP contribution in [0.3, 0.4) is 0 Å². The number of benzene rings is 3. The third kappa shape index (κ3) is 2.46. The lowest BCUT2D eigenvalue weighted by Gasteiger charge is -2.12. The maximum atomic E-state index is 5.50. The van der Waals surface area contributed by atoms with Gasteiger partial charge in [0, 0.05) is 0 Å². The van der Waals surface area contributed by atoms with Gasteiger partial charge in [-0.1, -0.05) is 48.0 Å². The van der Waals surface area contributed by atoms with E-state index in [1.165, 1.54) is 22.3 Å². The van der Waals surface area contributed by atoms with Crippen LogP contribution in [0.2, 0.25) is 0 Å². The molecule has 3 aromatic carbocycles. The van der Waals surface area contributed by atoms with Crippen LogP contribution in [0.4, 0.5) is 0 Å². The lowest BCUT2D eigenvalue weighted by molar-refractivity contribution is 0.174. The predicted molar refractivity (Wildman–Crippen MR) is 91.7 cm³/mol. The molecular weight excluding hydrogens is 284 g/mol. The van der Waals surface area contributed by atoms with Gasteiger partial charge in [-0.2, -0.15) is 0 Å². The van der Waals surface area contributed by atoms with Crippen molar-refractivity contribution in [1.29, 1.82) is 0 Å². The summed E-state index contributed by atoms with van der Waals surface area (Å²) < 4.78 is 10.9. The molecule has 4 rings (SSSR count). The van der Waals surface area contributed by atoms with Gasteiger partial charge in [0.1, 0.15) is 0 Å². The standard InChI is InChI=1S/C21H17O2/c1-14-6-8-16(9-7-14)18-4-3-5-19(15(18)2)17-10-11-20-21(12-17)23-13-22-20/h3,5-12H,13H2,1-2H3. The fourth-order valence-electron chi connectivity index (χ4n) is 2.97. The molecule has 23 heavy (non-hydrogen) atoms. The molecule has 2 nitrogen and oxygen atoms in total.